The summed E-state index contributed by atoms with van der Waals surface area (Å²) >= 11 is 0. The van der Waals surface area contributed by atoms with Gasteiger partial charge in [0.1, 0.15) is 0 Å². The van der Waals surface area contributed by atoms with Crippen molar-refractivity contribution in [1.82, 2.24) is 0 Å². The minimum atomic E-state index is 0.319. The first-order valence-electron chi connectivity index (χ1n) is 5.58. The van der Waals surface area contributed by atoms with Crippen LogP contribution in [0.25, 0.3) is 0 Å². The van der Waals surface area contributed by atoms with Gasteiger partial charge in [-0.2, -0.15) is 0 Å². The predicted molar refractivity (Wildman–Crippen MR) is 64.3 cm³/mol. The molecule has 78 valence electrons. The van der Waals surface area contributed by atoms with Crippen molar-refractivity contribution in [3.63, 3.8) is 0 Å². The van der Waals surface area contributed by atoms with E-state index in [1.165, 1.54) is 18.4 Å². The Labute approximate surface area is 88.4 Å². The topological polar surface area (TPSA) is 0 Å². The van der Waals surface area contributed by atoms with Crippen LogP contribution >= 0.6 is 0 Å². The lowest BCUT2D eigenvalue weighted by molar-refractivity contribution is 0.486. The lowest BCUT2D eigenvalue weighted by atomic mass is 9.87. The first-order valence-corrected chi connectivity index (χ1v) is 5.58. The molecule has 0 saturated carbocycles. The van der Waals surface area contributed by atoms with Crippen LogP contribution in [0.15, 0.2) is 36.0 Å². The maximum atomic E-state index is 2.39. The molecule has 0 heteroatoms. The molecule has 0 N–H and O–H groups in total. The quantitative estimate of drug-likeness (QED) is 0.488. The first-order chi connectivity index (χ1) is 6.60. The van der Waals surface area contributed by atoms with E-state index in [2.05, 4.69) is 51.2 Å². The fourth-order valence-corrected chi connectivity index (χ4v) is 1.60. The van der Waals surface area contributed by atoms with E-state index in [0.717, 1.165) is 12.8 Å². The fraction of sp³-hybridized carbons (Fsp3) is 0.571. The van der Waals surface area contributed by atoms with Crippen molar-refractivity contribution in [2.45, 2.75) is 46.5 Å². The van der Waals surface area contributed by atoms with Crippen molar-refractivity contribution in [2.24, 2.45) is 5.41 Å². The molecule has 0 aromatic rings. The van der Waals surface area contributed by atoms with Crippen molar-refractivity contribution in [1.29, 1.82) is 0 Å². The fourth-order valence-electron chi connectivity index (χ4n) is 1.60. The van der Waals surface area contributed by atoms with Crippen LogP contribution in [0.1, 0.15) is 46.5 Å². The summed E-state index contributed by atoms with van der Waals surface area (Å²) in [4.78, 5) is 0. The third kappa shape index (κ3) is 4.45. The van der Waals surface area contributed by atoms with Gasteiger partial charge in [0, 0.05) is 0 Å². The second kappa shape index (κ2) is 5.19. The zero-order valence-corrected chi connectivity index (χ0v) is 9.72. The average Bonchev–Trinajstić information content (AvgIpc) is 2.15. The van der Waals surface area contributed by atoms with Crippen molar-refractivity contribution >= 4 is 0 Å². The van der Waals surface area contributed by atoms with Gasteiger partial charge in [-0.05, 0) is 38.0 Å². The molecule has 0 heterocycles. The summed E-state index contributed by atoms with van der Waals surface area (Å²) in [6, 6.07) is 0. The summed E-state index contributed by atoms with van der Waals surface area (Å²) in [6.07, 6.45) is 16.2. The van der Waals surface area contributed by atoms with E-state index in [1.54, 1.807) is 0 Å². The van der Waals surface area contributed by atoms with Crippen molar-refractivity contribution in [2.75, 3.05) is 0 Å². The highest BCUT2D eigenvalue weighted by Gasteiger charge is 2.11. The summed E-state index contributed by atoms with van der Waals surface area (Å²) < 4.78 is 0. The summed E-state index contributed by atoms with van der Waals surface area (Å²) in [6.45, 7) is 6.84. The third-order valence-electron chi connectivity index (χ3n) is 2.69. The molecule has 1 aliphatic carbocycles. The molecule has 1 rings (SSSR count). The highest BCUT2D eigenvalue weighted by atomic mass is 14.2. The molecular weight excluding hydrogens is 168 g/mol. The van der Waals surface area contributed by atoms with Crippen LogP contribution in [0.3, 0.4) is 0 Å². The van der Waals surface area contributed by atoms with E-state index in [0.29, 0.717) is 5.41 Å². The average molecular weight is 190 g/mol. The number of rotatable bonds is 0. The van der Waals surface area contributed by atoms with Crippen LogP contribution in [0.4, 0.5) is 0 Å². The smallest absolute Gasteiger partial charge is 0.0140 e. The summed E-state index contributed by atoms with van der Waals surface area (Å²) in [5.41, 5.74) is 1.84. The maximum absolute atomic E-state index is 2.39. The zero-order chi connectivity index (χ0) is 10.4. The third-order valence-corrected chi connectivity index (χ3v) is 2.69. The van der Waals surface area contributed by atoms with Gasteiger partial charge in [-0.25, -0.2) is 0 Å². The number of allylic oxidation sites excluding steroid dienone is 6. The normalized spacial score (nSPS) is 22.6. The summed E-state index contributed by atoms with van der Waals surface area (Å²) in [5.74, 6) is 0. The Kier molecular flexibility index (Phi) is 4.19. The first kappa shape index (κ1) is 11.3. The molecule has 0 atom stereocenters. The van der Waals surface area contributed by atoms with E-state index in [4.69, 9.17) is 0 Å². The van der Waals surface area contributed by atoms with Crippen molar-refractivity contribution in [3.05, 3.63) is 36.0 Å². The standard InChI is InChI=1S/C14H22/c1-13-9-7-5-4-6-8-11-14(2,3)12-10-13/h4-5,8,10-11H,6-7,9,12H2,1-3H3. The summed E-state index contributed by atoms with van der Waals surface area (Å²) in [5, 5.41) is 0. The Bertz CT molecular complexity index is 251. The molecule has 0 bridgehead atoms. The highest BCUT2D eigenvalue weighted by Crippen LogP contribution is 2.25. The molecule has 0 nitrogen and oxygen atoms in total. The number of hydrogen-bond acceptors (Lipinski definition) is 0. The van der Waals surface area contributed by atoms with Gasteiger partial charge < -0.3 is 0 Å². The molecule has 0 aromatic heterocycles. The minimum Gasteiger partial charge on any atom is -0.0879 e. The molecule has 14 heavy (non-hydrogen) atoms. The maximum Gasteiger partial charge on any atom is -0.0140 e. The van der Waals surface area contributed by atoms with Gasteiger partial charge in [-0.1, -0.05) is 49.8 Å². The van der Waals surface area contributed by atoms with Gasteiger partial charge in [0.25, 0.3) is 0 Å². The predicted octanol–water partition coefficient (Wildman–Crippen LogP) is 4.65. The van der Waals surface area contributed by atoms with Crippen LogP contribution in [0.5, 0.6) is 0 Å². The minimum absolute atomic E-state index is 0.319. The van der Waals surface area contributed by atoms with Gasteiger partial charge in [-0.15, -0.1) is 0 Å². The Morgan fingerprint density at radius 1 is 1.14 bits per heavy atom. The van der Waals surface area contributed by atoms with Crippen LogP contribution < -0.4 is 0 Å². The molecule has 0 aliphatic heterocycles. The molecule has 1 aliphatic rings. The van der Waals surface area contributed by atoms with Crippen LogP contribution in [-0.2, 0) is 0 Å². The van der Waals surface area contributed by atoms with Gasteiger partial charge >= 0.3 is 0 Å². The van der Waals surface area contributed by atoms with E-state index in [1.807, 2.05) is 0 Å². The van der Waals surface area contributed by atoms with Gasteiger partial charge in [0.2, 0.25) is 0 Å². The summed E-state index contributed by atoms with van der Waals surface area (Å²) in [7, 11) is 0. The van der Waals surface area contributed by atoms with Crippen molar-refractivity contribution < 1.29 is 0 Å². The zero-order valence-electron chi connectivity index (χ0n) is 9.72. The Morgan fingerprint density at radius 3 is 2.71 bits per heavy atom. The molecule has 0 radical (unpaired) electrons. The molecule has 0 amide bonds. The molecule has 0 spiro atoms. The van der Waals surface area contributed by atoms with E-state index >= 15 is 0 Å². The molecular formula is C14H22. The monoisotopic (exact) mass is 190 g/mol. The molecule has 0 unspecified atom stereocenters. The van der Waals surface area contributed by atoms with Crippen molar-refractivity contribution in [3.8, 4) is 0 Å². The van der Waals surface area contributed by atoms with Crippen LogP contribution in [0, 0.1) is 5.41 Å². The van der Waals surface area contributed by atoms with Gasteiger partial charge in [-0.3, -0.25) is 0 Å². The Hall–Kier alpha value is -0.780. The number of hydrogen-bond donors (Lipinski definition) is 0. The molecule has 0 fully saturated rings. The van der Waals surface area contributed by atoms with E-state index in [9.17, 15) is 0 Å². The van der Waals surface area contributed by atoms with Gasteiger partial charge in [0.15, 0.2) is 0 Å². The van der Waals surface area contributed by atoms with E-state index < -0.39 is 0 Å². The molecule has 0 saturated heterocycles. The highest BCUT2D eigenvalue weighted by molar-refractivity contribution is 5.08. The largest absolute Gasteiger partial charge is 0.0879 e. The Balaban J connectivity index is 2.71. The van der Waals surface area contributed by atoms with E-state index in [-0.39, 0.29) is 0 Å². The Morgan fingerprint density at radius 2 is 1.93 bits per heavy atom. The van der Waals surface area contributed by atoms with Gasteiger partial charge in [0.05, 0.1) is 0 Å². The van der Waals surface area contributed by atoms with Crippen LogP contribution in [0.2, 0.25) is 0 Å². The second-order valence-corrected chi connectivity index (χ2v) is 4.89. The molecule has 0 aromatic carbocycles. The SMILES string of the molecule is CC1=CCC(C)(C)C=CCC=CCC1. The van der Waals surface area contributed by atoms with Crippen LogP contribution in [-0.4, -0.2) is 0 Å². The lowest BCUT2D eigenvalue weighted by Crippen LogP contribution is -2.05. The second-order valence-electron chi connectivity index (χ2n) is 4.89. The lowest BCUT2D eigenvalue weighted by Gasteiger charge is -2.18.